The van der Waals surface area contributed by atoms with E-state index in [1.54, 1.807) is 18.2 Å². The van der Waals surface area contributed by atoms with Gasteiger partial charge in [-0.2, -0.15) is 8.78 Å². The largest absolute Gasteiger partial charge is 0.434 e. The zero-order valence-electron chi connectivity index (χ0n) is 15.4. The first-order chi connectivity index (χ1) is 14.2. The molecule has 0 unspecified atom stereocenters. The van der Waals surface area contributed by atoms with Gasteiger partial charge in [0, 0.05) is 22.6 Å². The van der Waals surface area contributed by atoms with Gasteiger partial charge in [0.1, 0.15) is 11.6 Å². The summed E-state index contributed by atoms with van der Waals surface area (Å²) in [6.45, 7) is -3.06. The minimum atomic E-state index is -3.06. The minimum Gasteiger partial charge on any atom is -0.434 e. The Balaban J connectivity index is 1.85. The molecule has 3 aromatic rings. The second-order valence-electron chi connectivity index (χ2n) is 7.40. The molecule has 0 fully saturated rings. The average Bonchev–Trinajstić information content (AvgIpc) is 3.13. The lowest BCUT2D eigenvalue weighted by molar-refractivity contribution is -0.0507. The van der Waals surface area contributed by atoms with E-state index in [9.17, 15) is 13.6 Å². The fourth-order valence-corrected chi connectivity index (χ4v) is 4.69. The van der Waals surface area contributed by atoms with E-state index in [1.165, 1.54) is 18.2 Å². The van der Waals surface area contributed by atoms with Crippen molar-refractivity contribution in [3.05, 3.63) is 58.4 Å². The van der Waals surface area contributed by atoms with Gasteiger partial charge in [-0.25, -0.2) is 4.98 Å². The number of rotatable bonds is 3. The van der Waals surface area contributed by atoms with Gasteiger partial charge < -0.3 is 14.2 Å². The zero-order chi connectivity index (χ0) is 21.4. The van der Waals surface area contributed by atoms with Crippen LogP contribution in [0.3, 0.4) is 0 Å². The fraction of sp³-hybridized carbons (Fsp3) is 0.263. The maximum atomic E-state index is 13.4. The van der Waals surface area contributed by atoms with Crippen molar-refractivity contribution in [3.63, 3.8) is 0 Å². The summed E-state index contributed by atoms with van der Waals surface area (Å²) in [5.74, 6) is -0.190. The molecule has 11 heteroatoms. The van der Waals surface area contributed by atoms with E-state index in [2.05, 4.69) is 4.98 Å². The van der Waals surface area contributed by atoms with E-state index in [4.69, 9.17) is 39.9 Å². The second-order valence-corrected chi connectivity index (χ2v) is 7.84. The van der Waals surface area contributed by atoms with Crippen LogP contribution in [0.4, 0.5) is 8.78 Å². The van der Waals surface area contributed by atoms with Crippen molar-refractivity contribution in [2.75, 3.05) is 0 Å². The van der Waals surface area contributed by atoms with E-state index >= 15 is 0 Å². The number of aromatic nitrogens is 2. The zero-order valence-corrected chi connectivity index (χ0v) is 16.2. The van der Waals surface area contributed by atoms with Crippen LogP contribution >= 0.6 is 11.6 Å². The molecule has 5 rings (SSSR count). The lowest BCUT2D eigenvalue weighted by Gasteiger charge is -2.41. The van der Waals surface area contributed by atoms with Gasteiger partial charge in [0.25, 0.3) is 5.91 Å². The number of amides is 1. The minimum absolute atomic E-state index is 0.102. The number of carbonyl (C=O) groups is 1. The standard InChI is InChI=1S/C19H11B3ClF2N3O2/c20-19(21,22)28-13-7-12(27-11-6-8(23)4-5-10(11)26-16(13)27)15-9(17(28)29)2-1-3-14(15)30-18(24)25/h1-6,12-13,18H,7H2/t12-,13-/m1/s1. The van der Waals surface area contributed by atoms with Crippen LogP contribution in [0.1, 0.15) is 40.3 Å². The summed E-state index contributed by atoms with van der Waals surface area (Å²) in [6, 6.07) is 8.33. The van der Waals surface area contributed by atoms with Crippen molar-refractivity contribution < 1.29 is 18.3 Å². The molecule has 2 atom stereocenters. The van der Waals surface area contributed by atoms with Gasteiger partial charge in [-0.1, -0.05) is 22.9 Å². The quantitative estimate of drug-likeness (QED) is 0.614. The van der Waals surface area contributed by atoms with Crippen molar-refractivity contribution in [1.29, 1.82) is 0 Å². The molecule has 3 heterocycles. The second kappa shape index (κ2) is 6.51. The SMILES string of the molecule is [B]C([B])([B])N1C(=O)c2cccc(OC(F)F)c2[C@H]2C[C@@H]1c1nc3ccc(Cl)cc3n12. The molecule has 2 bridgehead atoms. The molecule has 1 aromatic heterocycles. The lowest BCUT2D eigenvalue weighted by atomic mass is 9.48. The van der Waals surface area contributed by atoms with Gasteiger partial charge in [-0.15, -0.1) is 0 Å². The molecular weight excluding hydrogens is 408 g/mol. The van der Waals surface area contributed by atoms with Crippen LogP contribution in [-0.2, 0) is 0 Å². The Kier molecular flexibility index (Phi) is 4.23. The first-order valence-corrected chi connectivity index (χ1v) is 9.50. The molecule has 0 saturated carbocycles. The molecule has 2 aliphatic heterocycles. The van der Waals surface area contributed by atoms with Crippen molar-refractivity contribution in [3.8, 4) is 5.75 Å². The van der Waals surface area contributed by atoms with E-state index in [-0.39, 0.29) is 11.3 Å². The smallest absolute Gasteiger partial charge is 0.387 e. The Morgan fingerprint density at radius 1 is 1.20 bits per heavy atom. The van der Waals surface area contributed by atoms with Gasteiger partial charge in [0.15, 0.2) is 0 Å². The molecule has 1 amide bonds. The first-order valence-electron chi connectivity index (χ1n) is 9.12. The van der Waals surface area contributed by atoms with Gasteiger partial charge >= 0.3 is 6.61 Å². The molecule has 0 spiro atoms. The molecule has 2 aliphatic rings. The summed E-state index contributed by atoms with van der Waals surface area (Å²) in [6.07, 6.45) is 0.292. The number of imidazole rings is 1. The highest BCUT2D eigenvalue weighted by atomic mass is 35.5. The third-order valence-corrected chi connectivity index (χ3v) is 5.76. The monoisotopic (exact) mass is 419 g/mol. The van der Waals surface area contributed by atoms with Crippen molar-refractivity contribution >= 4 is 52.1 Å². The predicted molar refractivity (Wildman–Crippen MR) is 109 cm³/mol. The van der Waals surface area contributed by atoms with E-state index in [0.717, 1.165) is 4.90 Å². The Morgan fingerprint density at radius 2 is 1.97 bits per heavy atom. The third kappa shape index (κ3) is 2.76. The van der Waals surface area contributed by atoms with Gasteiger partial charge in [-0.3, -0.25) is 4.79 Å². The molecule has 0 saturated heterocycles. The van der Waals surface area contributed by atoms with Crippen LogP contribution in [-0.4, -0.2) is 55.7 Å². The summed E-state index contributed by atoms with van der Waals surface area (Å²) in [7, 11) is 17.9. The fourth-order valence-electron chi connectivity index (χ4n) is 4.53. The van der Waals surface area contributed by atoms with Crippen LogP contribution in [0.5, 0.6) is 5.75 Å². The number of hydrogen-bond donors (Lipinski definition) is 0. The summed E-state index contributed by atoms with van der Waals surface area (Å²) < 4.78 is 32.9. The molecule has 30 heavy (non-hydrogen) atoms. The number of halogens is 3. The highest BCUT2D eigenvalue weighted by Gasteiger charge is 2.48. The summed E-state index contributed by atoms with van der Waals surface area (Å²) in [4.78, 5) is 19.2. The van der Waals surface area contributed by atoms with Crippen molar-refractivity contribution in [1.82, 2.24) is 14.5 Å². The third-order valence-electron chi connectivity index (χ3n) is 5.53. The maximum absolute atomic E-state index is 13.4. The van der Waals surface area contributed by atoms with Crippen LogP contribution in [0.2, 0.25) is 5.02 Å². The van der Waals surface area contributed by atoms with Crippen LogP contribution < -0.4 is 4.74 Å². The van der Waals surface area contributed by atoms with E-state index < -0.39 is 29.8 Å². The highest BCUT2D eigenvalue weighted by Crippen LogP contribution is 2.51. The number of ether oxygens (including phenoxy) is 1. The summed E-state index contributed by atoms with van der Waals surface area (Å²) >= 11 is 6.19. The highest BCUT2D eigenvalue weighted by molar-refractivity contribution is 6.60. The lowest BCUT2D eigenvalue weighted by Crippen LogP contribution is -2.54. The molecule has 0 aliphatic carbocycles. The van der Waals surface area contributed by atoms with Crippen LogP contribution in [0, 0.1) is 0 Å². The van der Waals surface area contributed by atoms with Crippen molar-refractivity contribution in [2.24, 2.45) is 0 Å². The van der Waals surface area contributed by atoms with Crippen LogP contribution in [0.25, 0.3) is 11.0 Å². The Morgan fingerprint density at radius 3 is 2.67 bits per heavy atom. The topological polar surface area (TPSA) is 47.4 Å². The van der Waals surface area contributed by atoms with Gasteiger partial charge in [0.2, 0.25) is 0 Å². The van der Waals surface area contributed by atoms with Gasteiger partial charge in [-0.05, 0) is 30.3 Å². The number of benzene rings is 2. The predicted octanol–water partition coefficient (Wildman–Crippen LogP) is 2.90. The number of hydrogen-bond acceptors (Lipinski definition) is 3. The number of alkyl halides is 2. The summed E-state index contributed by atoms with van der Waals surface area (Å²) in [5, 5.41) is -1.51. The Bertz CT molecular complexity index is 1200. The molecule has 6 radical (unpaired) electrons. The first kappa shape index (κ1) is 19.5. The average molecular weight is 419 g/mol. The Hall–Kier alpha value is -2.48. The molecule has 0 N–H and O–H groups in total. The normalized spacial score (nSPS) is 20.4. The maximum Gasteiger partial charge on any atom is 0.387 e. The molecular formula is C19H11B3ClF2N3O2. The van der Waals surface area contributed by atoms with E-state index in [1.807, 2.05) is 4.57 Å². The summed E-state index contributed by atoms with van der Waals surface area (Å²) in [5.41, 5.74) is 1.76. The number of nitrogens with zero attached hydrogens (tertiary/aromatic N) is 3. The van der Waals surface area contributed by atoms with Gasteiger partial charge in [0.05, 0.1) is 46.7 Å². The van der Waals surface area contributed by atoms with E-state index in [0.29, 0.717) is 33.9 Å². The number of carbonyl (C=O) groups excluding carboxylic acids is 1. The van der Waals surface area contributed by atoms with Crippen LogP contribution in [0.15, 0.2) is 36.4 Å². The molecule has 5 nitrogen and oxygen atoms in total. The molecule has 144 valence electrons. The number of fused-ring (bicyclic) bond motifs is 9. The molecule has 2 aromatic carbocycles. The van der Waals surface area contributed by atoms with Crippen molar-refractivity contribution in [2.45, 2.75) is 30.4 Å². The Labute approximate surface area is 179 Å².